The van der Waals surface area contributed by atoms with Gasteiger partial charge in [0.1, 0.15) is 5.82 Å². The first-order valence-corrected chi connectivity index (χ1v) is 10.3. The van der Waals surface area contributed by atoms with Gasteiger partial charge in [0, 0.05) is 45.0 Å². The van der Waals surface area contributed by atoms with Crippen molar-refractivity contribution in [2.45, 2.75) is 51.3 Å². The minimum Gasteiger partial charge on any atom is -0.393 e. The summed E-state index contributed by atoms with van der Waals surface area (Å²) < 4.78 is 0. The number of likely N-dealkylation sites (N-methyl/N-ethyl adjacent to an activating group) is 1. The molecule has 3 N–H and O–H groups in total. The van der Waals surface area contributed by atoms with Crippen LogP contribution in [0.15, 0.2) is 23.3 Å². The summed E-state index contributed by atoms with van der Waals surface area (Å²) >= 11 is 0. The Morgan fingerprint density at radius 2 is 1.96 bits per heavy atom. The summed E-state index contributed by atoms with van der Waals surface area (Å²) in [6.07, 6.45) is 5.49. The normalized spacial score (nSPS) is 24.7. The van der Waals surface area contributed by atoms with E-state index in [0.717, 1.165) is 70.2 Å². The fourth-order valence-corrected chi connectivity index (χ4v) is 3.67. The van der Waals surface area contributed by atoms with Crippen molar-refractivity contribution in [2.24, 2.45) is 4.99 Å². The maximum Gasteiger partial charge on any atom is 0.191 e. The molecule has 0 atom stereocenters. The number of piperazine rings is 1. The van der Waals surface area contributed by atoms with E-state index in [0.29, 0.717) is 12.6 Å². The number of aliphatic imine (C=N–C) groups is 1. The van der Waals surface area contributed by atoms with E-state index in [9.17, 15) is 5.11 Å². The van der Waals surface area contributed by atoms with E-state index < -0.39 is 0 Å². The zero-order chi connectivity index (χ0) is 19.1. The second-order valence-corrected chi connectivity index (χ2v) is 7.66. The molecule has 1 saturated heterocycles. The van der Waals surface area contributed by atoms with Crippen LogP contribution in [0.5, 0.6) is 0 Å². The molecule has 7 heteroatoms. The molecule has 2 heterocycles. The van der Waals surface area contributed by atoms with E-state index in [2.05, 4.69) is 45.5 Å². The Kier molecular flexibility index (Phi) is 7.29. The molecule has 2 aliphatic rings. The van der Waals surface area contributed by atoms with E-state index in [4.69, 9.17) is 4.99 Å². The summed E-state index contributed by atoms with van der Waals surface area (Å²) in [5, 5.41) is 16.5. The highest BCUT2D eigenvalue weighted by Gasteiger charge is 2.20. The molecule has 0 radical (unpaired) electrons. The van der Waals surface area contributed by atoms with Crippen molar-refractivity contribution in [1.29, 1.82) is 0 Å². The molecule has 0 bridgehead atoms. The number of aromatic nitrogens is 1. The fourth-order valence-electron chi connectivity index (χ4n) is 3.67. The summed E-state index contributed by atoms with van der Waals surface area (Å²) in [7, 11) is 2.16. The Labute approximate surface area is 162 Å². The third-order valence-electron chi connectivity index (χ3n) is 5.44. The van der Waals surface area contributed by atoms with Crippen molar-refractivity contribution in [3.05, 3.63) is 23.9 Å². The van der Waals surface area contributed by atoms with Gasteiger partial charge in [-0.25, -0.2) is 9.98 Å². The zero-order valence-electron chi connectivity index (χ0n) is 16.7. The molecule has 0 amide bonds. The van der Waals surface area contributed by atoms with Crippen molar-refractivity contribution in [3.8, 4) is 0 Å². The average molecular weight is 375 g/mol. The standard InChI is InChI=1S/C20H34N6O/c1-3-21-20(24-17-4-6-18(27)7-5-17)23-15-16-8-9-22-19(14-16)26-12-10-25(2)11-13-26/h8-9,14,17-18,27H,3-7,10-13,15H2,1-2H3,(H2,21,23,24). The average Bonchev–Trinajstić information content (AvgIpc) is 2.69. The zero-order valence-corrected chi connectivity index (χ0v) is 16.7. The third kappa shape index (κ3) is 6.07. The highest BCUT2D eigenvalue weighted by molar-refractivity contribution is 5.80. The van der Waals surface area contributed by atoms with E-state index in [-0.39, 0.29) is 6.10 Å². The Balaban J connectivity index is 1.59. The Bertz CT molecular complexity index is 606. The lowest BCUT2D eigenvalue weighted by Crippen LogP contribution is -2.45. The number of nitrogens with zero attached hydrogens (tertiary/aromatic N) is 4. The second kappa shape index (κ2) is 9.90. The van der Waals surface area contributed by atoms with Gasteiger partial charge in [-0.1, -0.05) is 0 Å². The molecule has 0 spiro atoms. The van der Waals surface area contributed by atoms with Crippen molar-refractivity contribution < 1.29 is 5.11 Å². The summed E-state index contributed by atoms with van der Waals surface area (Å²) in [5.41, 5.74) is 1.18. The van der Waals surface area contributed by atoms with Crippen molar-refractivity contribution in [3.63, 3.8) is 0 Å². The van der Waals surface area contributed by atoms with Crippen molar-refractivity contribution in [2.75, 3.05) is 44.7 Å². The molecule has 1 aromatic heterocycles. The van der Waals surface area contributed by atoms with Gasteiger partial charge >= 0.3 is 0 Å². The first-order chi connectivity index (χ1) is 13.1. The molecule has 1 aromatic rings. The SMILES string of the molecule is CCNC(=NCc1ccnc(N2CCN(C)CC2)c1)NC1CCC(O)CC1. The summed E-state index contributed by atoms with van der Waals surface area (Å²) in [6, 6.07) is 4.60. The Hall–Kier alpha value is -1.86. The maximum absolute atomic E-state index is 9.68. The summed E-state index contributed by atoms with van der Waals surface area (Å²) in [6.45, 7) is 7.75. The first kappa shape index (κ1) is 19.9. The van der Waals surface area contributed by atoms with Gasteiger partial charge in [0.15, 0.2) is 5.96 Å². The summed E-state index contributed by atoms with van der Waals surface area (Å²) in [5.74, 6) is 1.91. The van der Waals surface area contributed by atoms with Gasteiger partial charge in [-0.15, -0.1) is 0 Å². The Morgan fingerprint density at radius 1 is 1.22 bits per heavy atom. The van der Waals surface area contributed by atoms with Crippen LogP contribution in [0.4, 0.5) is 5.82 Å². The fraction of sp³-hybridized carbons (Fsp3) is 0.700. The lowest BCUT2D eigenvalue weighted by molar-refractivity contribution is 0.120. The van der Waals surface area contributed by atoms with Crippen LogP contribution in [0.1, 0.15) is 38.2 Å². The molecule has 1 saturated carbocycles. The monoisotopic (exact) mass is 374 g/mol. The third-order valence-corrected chi connectivity index (χ3v) is 5.44. The molecular formula is C20H34N6O. The van der Waals surface area contributed by atoms with Gasteiger partial charge in [-0.2, -0.15) is 0 Å². The maximum atomic E-state index is 9.68. The van der Waals surface area contributed by atoms with Crippen LogP contribution < -0.4 is 15.5 Å². The molecular weight excluding hydrogens is 340 g/mol. The van der Waals surface area contributed by atoms with Crippen LogP contribution in [0.3, 0.4) is 0 Å². The smallest absolute Gasteiger partial charge is 0.191 e. The predicted molar refractivity (Wildman–Crippen MR) is 110 cm³/mol. The number of aliphatic hydroxyl groups excluding tert-OH is 1. The van der Waals surface area contributed by atoms with Crippen LogP contribution in [0.25, 0.3) is 0 Å². The molecule has 0 unspecified atom stereocenters. The number of nitrogens with one attached hydrogen (secondary N) is 2. The minimum atomic E-state index is -0.132. The van der Waals surface area contributed by atoms with Gasteiger partial charge in [-0.3, -0.25) is 0 Å². The number of hydrogen-bond acceptors (Lipinski definition) is 5. The number of guanidine groups is 1. The van der Waals surface area contributed by atoms with Crippen molar-refractivity contribution >= 4 is 11.8 Å². The first-order valence-electron chi connectivity index (χ1n) is 10.3. The topological polar surface area (TPSA) is 76.0 Å². The van der Waals surface area contributed by atoms with Gasteiger partial charge in [0.2, 0.25) is 0 Å². The lowest BCUT2D eigenvalue weighted by atomic mass is 9.93. The van der Waals surface area contributed by atoms with E-state index in [1.165, 1.54) is 5.56 Å². The van der Waals surface area contributed by atoms with Crippen LogP contribution in [0, 0.1) is 0 Å². The molecule has 0 aromatic carbocycles. The summed E-state index contributed by atoms with van der Waals surface area (Å²) in [4.78, 5) is 14.0. The largest absolute Gasteiger partial charge is 0.393 e. The molecule has 7 nitrogen and oxygen atoms in total. The lowest BCUT2D eigenvalue weighted by Gasteiger charge is -2.33. The van der Waals surface area contributed by atoms with Gasteiger partial charge in [0.05, 0.1) is 12.6 Å². The van der Waals surface area contributed by atoms with Crippen molar-refractivity contribution in [1.82, 2.24) is 20.5 Å². The number of aliphatic hydroxyl groups is 1. The predicted octanol–water partition coefficient (Wildman–Crippen LogP) is 1.19. The van der Waals surface area contributed by atoms with Gasteiger partial charge < -0.3 is 25.5 Å². The number of pyridine rings is 1. The second-order valence-electron chi connectivity index (χ2n) is 7.66. The van der Waals surface area contributed by atoms with E-state index >= 15 is 0 Å². The van der Waals surface area contributed by atoms with Gasteiger partial charge in [-0.05, 0) is 57.4 Å². The quantitative estimate of drug-likeness (QED) is 0.531. The van der Waals surface area contributed by atoms with E-state index in [1.54, 1.807) is 0 Å². The molecule has 2 fully saturated rings. The van der Waals surface area contributed by atoms with Gasteiger partial charge in [0.25, 0.3) is 0 Å². The Morgan fingerprint density at radius 3 is 2.67 bits per heavy atom. The highest BCUT2D eigenvalue weighted by atomic mass is 16.3. The number of anilines is 1. The van der Waals surface area contributed by atoms with Crippen LogP contribution in [0.2, 0.25) is 0 Å². The minimum absolute atomic E-state index is 0.132. The van der Waals surface area contributed by atoms with Crippen LogP contribution in [-0.4, -0.2) is 72.9 Å². The molecule has 3 rings (SSSR count). The molecule has 1 aliphatic carbocycles. The number of rotatable bonds is 5. The molecule has 150 valence electrons. The van der Waals surface area contributed by atoms with E-state index in [1.807, 2.05) is 12.3 Å². The number of hydrogen-bond donors (Lipinski definition) is 3. The van der Waals surface area contributed by atoms with Crippen LogP contribution >= 0.6 is 0 Å². The molecule has 1 aliphatic heterocycles. The van der Waals surface area contributed by atoms with Crippen LogP contribution in [-0.2, 0) is 6.54 Å². The molecule has 27 heavy (non-hydrogen) atoms. The highest BCUT2D eigenvalue weighted by Crippen LogP contribution is 2.18.